The average Bonchev–Trinajstić information content (AvgIpc) is 2.68. The number of piperidine rings is 1. The SMILES string of the molecule is O=C(CC1CC2CCC(C1)N2)NCCOCC(F)F. The maximum Gasteiger partial charge on any atom is 0.261 e. The Morgan fingerprint density at radius 1 is 1.32 bits per heavy atom. The van der Waals surface area contributed by atoms with E-state index in [4.69, 9.17) is 4.74 Å². The monoisotopic (exact) mass is 276 g/mol. The lowest BCUT2D eigenvalue weighted by Gasteiger charge is -2.28. The zero-order chi connectivity index (χ0) is 13.7. The molecule has 0 spiro atoms. The van der Waals surface area contributed by atoms with Crippen LogP contribution in [0.1, 0.15) is 32.1 Å². The maximum atomic E-state index is 11.8. The third-order valence-electron chi connectivity index (χ3n) is 3.86. The summed E-state index contributed by atoms with van der Waals surface area (Å²) in [5.41, 5.74) is 0. The van der Waals surface area contributed by atoms with Gasteiger partial charge in [-0.25, -0.2) is 8.78 Å². The Labute approximate surface area is 112 Å². The van der Waals surface area contributed by atoms with E-state index in [9.17, 15) is 13.6 Å². The second-order valence-electron chi connectivity index (χ2n) is 5.50. The van der Waals surface area contributed by atoms with Gasteiger partial charge in [-0.2, -0.15) is 0 Å². The molecule has 110 valence electrons. The van der Waals surface area contributed by atoms with Crippen LogP contribution >= 0.6 is 0 Å². The number of ether oxygens (including phenoxy) is 1. The molecule has 2 N–H and O–H groups in total. The van der Waals surface area contributed by atoms with Crippen LogP contribution in [0.5, 0.6) is 0 Å². The van der Waals surface area contributed by atoms with Gasteiger partial charge in [0.2, 0.25) is 5.91 Å². The summed E-state index contributed by atoms with van der Waals surface area (Å²) in [7, 11) is 0. The highest BCUT2D eigenvalue weighted by atomic mass is 19.3. The Kier molecular flexibility index (Phi) is 5.51. The van der Waals surface area contributed by atoms with E-state index in [1.165, 1.54) is 12.8 Å². The Morgan fingerprint density at radius 3 is 2.63 bits per heavy atom. The minimum Gasteiger partial charge on any atom is -0.374 e. The van der Waals surface area contributed by atoms with Gasteiger partial charge in [0.15, 0.2) is 0 Å². The Hall–Kier alpha value is -0.750. The van der Waals surface area contributed by atoms with Crippen LogP contribution in [0, 0.1) is 5.92 Å². The smallest absolute Gasteiger partial charge is 0.261 e. The highest BCUT2D eigenvalue weighted by Crippen LogP contribution is 2.32. The van der Waals surface area contributed by atoms with Gasteiger partial charge in [0.25, 0.3) is 6.43 Å². The fourth-order valence-corrected chi connectivity index (χ4v) is 3.11. The molecule has 0 aromatic heterocycles. The van der Waals surface area contributed by atoms with Crippen LogP contribution in [0.3, 0.4) is 0 Å². The highest BCUT2D eigenvalue weighted by molar-refractivity contribution is 5.76. The van der Waals surface area contributed by atoms with Crippen molar-refractivity contribution in [2.24, 2.45) is 5.92 Å². The summed E-state index contributed by atoms with van der Waals surface area (Å²) in [5.74, 6) is 0.465. The average molecular weight is 276 g/mol. The molecule has 2 atom stereocenters. The third kappa shape index (κ3) is 5.03. The molecule has 2 rings (SSSR count). The van der Waals surface area contributed by atoms with E-state index in [0.717, 1.165) is 12.8 Å². The third-order valence-corrected chi connectivity index (χ3v) is 3.86. The van der Waals surface area contributed by atoms with Crippen LogP contribution in [0.15, 0.2) is 0 Å². The van der Waals surface area contributed by atoms with Crippen LogP contribution in [0.2, 0.25) is 0 Å². The molecule has 0 aliphatic carbocycles. The molecule has 2 aliphatic rings. The van der Waals surface area contributed by atoms with Gasteiger partial charge in [0.1, 0.15) is 6.61 Å². The number of alkyl halides is 2. The summed E-state index contributed by atoms with van der Waals surface area (Å²) in [5, 5.41) is 6.27. The molecule has 2 heterocycles. The van der Waals surface area contributed by atoms with Crippen molar-refractivity contribution in [3.05, 3.63) is 0 Å². The summed E-state index contributed by atoms with van der Waals surface area (Å²) in [4.78, 5) is 11.7. The van der Waals surface area contributed by atoms with Gasteiger partial charge in [-0.1, -0.05) is 0 Å². The Balaban J connectivity index is 1.54. The maximum absolute atomic E-state index is 11.8. The number of nitrogens with one attached hydrogen (secondary N) is 2. The van der Waals surface area contributed by atoms with Gasteiger partial charge in [-0.15, -0.1) is 0 Å². The topological polar surface area (TPSA) is 50.4 Å². The number of halogens is 2. The number of amides is 1. The summed E-state index contributed by atoms with van der Waals surface area (Å²) < 4.78 is 28.3. The van der Waals surface area contributed by atoms with Crippen molar-refractivity contribution in [3.8, 4) is 0 Å². The summed E-state index contributed by atoms with van der Waals surface area (Å²) in [6.07, 6.45) is 2.70. The van der Waals surface area contributed by atoms with Crippen LogP contribution < -0.4 is 10.6 Å². The molecule has 2 bridgehead atoms. The molecule has 1 amide bonds. The van der Waals surface area contributed by atoms with Crippen molar-refractivity contribution in [1.29, 1.82) is 0 Å². The molecule has 6 heteroatoms. The van der Waals surface area contributed by atoms with E-state index in [1.807, 2.05) is 0 Å². The van der Waals surface area contributed by atoms with Crippen LogP contribution in [-0.4, -0.2) is 44.2 Å². The van der Waals surface area contributed by atoms with Crippen LogP contribution in [0.4, 0.5) is 8.78 Å². The number of rotatable bonds is 7. The first-order chi connectivity index (χ1) is 9.13. The van der Waals surface area contributed by atoms with E-state index in [1.54, 1.807) is 0 Å². The minimum atomic E-state index is -2.44. The lowest BCUT2D eigenvalue weighted by molar-refractivity contribution is -0.122. The second kappa shape index (κ2) is 7.14. The molecule has 0 aromatic carbocycles. The Bertz CT molecular complexity index is 290. The summed E-state index contributed by atoms with van der Waals surface area (Å²) >= 11 is 0. The number of fused-ring (bicyclic) bond motifs is 2. The zero-order valence-corrected chi connectivity index (χ0v) is 11.0. The Morgan fingerprint density at radius 2 is 2.00 bits per heavy atom. The highest BCUT2D eigenvalue weighted by Gasteiger charge is 2.33. The van der Waals surface area contributed by atoms with Crippen LogP contribution in [0.25, 0.3) is 0 Å². The van der Waals surface area contributed by atoms with Crippen molar-refractivity contribution in [3.63, 3.8) is 0 Å². The van der Waals surface area contributed by atoms with Gasteiger partial charge < -0.3 is 15.4 Å². The van der Waals surface area contributed by atoms with Gasteiger partial charge in [0, 0.05) is 25.0 Å². The number of carbonyl (C=O) groups is 1. The number of hydrogen-bond donors (Lipinski definition) is 2. The van der Waals surface area contributed by atoms with Crippen molar-refractivity contribution < 1.29 is 18.3 Å². The van der Waals surface area contributed by atoms with Crippen LogP contribution in [-0.2, 0) is 9.53 Å². The molecular formula is C13H22F2N2O2. The van der Waals surface area contributed by atoms with Gasteiger partial charge in [-0.05, 0) is 31.6 Å². The number of carbonyl (C=O) groups excluding carboxylic acids is 1. The molecule has 2 aliphatic heterocycles. The first-order valence-electron chi connectivity index (χ1n) is 7.02. The van der Waals surface area contributed by atoms with Gasteiger partial charge >= 0.3 is 0 Å². The van der Waals surface area contributed by atoms with Crippen molar-refractivity contribution in [2.45, 2.75) is 50.6 Å². The predicted octanol–water partition coefficient (Wildman–Crippen LogP) is 1.30. The summed E-state index contributed by atoms with van der Waals surface area (Å²) in [6.45, 7) is -0.107. The van der Waals surface area contributed by atoms with Crippen molar-refractivity contribution >= 4 is 5.91 Å². The van der Waals surface area contributed by atoms with E-state index in [-0.39, 0.29) is 12.5 Å². The minimum absolute atomic E-state index is 0.00643. The molecule has 2 saturated heterocycles. The molecule has 2 fully saturated rings. The fraction of sp³-hybridized carbons (Fsp3) is 0.923. The first kappa shape index (κ1) is 14.7. The molecular weight excluding hydrogens is 254 g/mol. The van der Waals surface area contributed by atoms with E-state index in [0.29, 0.717) is 31.0 Å². The molecule has 19 heavy (non-hydrogen) atoms. The number of hydrogen-bond acceptors (Lipinski definition) is 3. The van der Waals surface area contributed by atoms with E-state index in [2.05, 4.69) is 10.6 Å². The lowest BCUT2D eigenvalue weighted by Crippen LogP contribution is -2.40. The van der Waals surface area contributed by atoms with Gasteiger partial charge in [-0.3, -0.25) is 4.79 Å². The second-order valence-corrected chi connectivity index (χ2v) is 5.50. The van der Waals surface area contributed by atoms with Gasteiger partial charge in [0.05, 0.1) is 6.61 Å². The molecule has 2 unspecified atom stereocenters. The van der Waals surface area contributed by atoms with Crippen molar-refractivity contribution in [2.75, 3.05) is 19.8 Å². The van der Waals surface area contributed by atoms with Crippen molar-refractivity contribution in [1.82, 2.24) is 10.6 Å². The lowest BCUT2D eigenvalue weighted by atomic mass is 9.89. The standard InChI is InChI=1S/C13H22F2N2O2/c14-12(15)8-19-4-3-16-13(18)7-9-5-10-1-2-11(6-9)17-10/h9-12,17H,1-8H2,(H,16,18). The molecule has 0 saturated carbocycles. The first-order valence-corrected chi connectivity index (χ1v) is 7.02. The molecule has 0 aromatic rings. The quantitative estimate of drug-likeness (QED) is 0.689. The van der Waals surface area contributed by atoms with E-state index < -0.39 is 13.0 Å². The zero-order valence-electron chi connectivity index (χ0n) is 11.0. The largest absolute Gasteiger partial charge is 0.374 e. The molecule has 0 radical (unpaired) electrons. The normalized spacial score (nSPS) is 29.7. The fourth-order valence-electron chi connectivity index (χ4n) is 3.11. The summed E-state index contributed by atoms with van der Waals surface area (Å²) in [6, 6.07) is 1.18. The predicted molar refractivity (Wildman–Crippen MR) is 67.1 cm³/mol. The van der Waals surface area contributed by atoms with E-state index >= 15 is 0 Å². The molecule has 4 nitrogen and oxygen atoms in total.